The number of fused-ring (bicyclic) bond motifs is 1. The second kappa shape index (κ2) is 6.11. The zero-order valence-electron chi connectivity index (χ0n) is 12.9. The highest BCUT2D eigenvalue weighted by Crippen LogP contribution is 2.23. The van der Waals surface area contributed by atoms with E-state index in [4.69, 9.17) is 0 Å². The van der Waals surface area contributed by atoms with Gasteiger partial charge in [0.1, 0.15) is 0 Å². The third-order valence-electron chi connectivity index (χ3n) is 3.89. The number of nitro benzene ring substituents is 1. The summed E-state index contributed by atoms with van der Waals surface area (Å²) in [6, 6.07) is 4.64. The monoisotopic (exact) mass is 290 g/mol. The SMILES string of the molecule is CC(C)C(CNc1nc2ccc([N+](=O)[O-])cc2[nH]1)C(C)C. The number of hydrogen-bond acceptors (Lipinski definition) is 4. The molecule has 0 radical (unpaired) electrons. The van der Waals surface area contributed by atoms with E-state index >= 15 is 0 Å². The summed E-state index contributed by atoms with van der Waals surface area (Å²) >= 11 is 0. The fourth-order valence-corrected chi connectivity index (χ4v) is 2.65. The lowest BCUT2D eigenvalue weighted by atomic mass is 9.85. The van der Waals surface area contributed by atoms with E-state index in [1.807, 2.05) is 0 Å². The highest BCUT2D eigenvalue weighted by molar-refractivity contribution is 5.79. The highest BCUT2D eigenvalue weighted by atomic mass is 16.6. The molecule has 6 nitrogen and oxygen atoms in total. The standard InChI is InChI=1S/C15H22N4O2/c1-9(2)12(10(3)4)8-16-15-17-13-6-5-11(19(20)21)7-14(13)18-15/h5-7,9-10,12H,8H2,1-4H3,(H2,16,17,18). The normalized spacial score (nSPS) is 11.8. The molecule has 6 heteroatoms. The number of hydrogen-bond donors (Lipinski definition) is 2. The maximum absolute atomic E-state index is 10.8. The number of anilines is 1. The fourth-order valence-electron chi connectivity index (χ4n) is 2.65. The molecule has 21 heavy (non-hydrogen) atoms. The van der Waals surface area contributed by atoms with E-state index in [0.717, 1.165) is 12.1 Å². The molecule has 0 aliphatic carbocycles. The van der Waals surface area contributed by atoms with Gasteiger partial charge in [-0.1, -0.05) is 27.7 Å². The molecule has 0 saturated heterocycles. The van der Waals surface area contributed by atoms with Gasteiger partial charge >= 0.3 is 0 Å². The molecular weight excluding hydrogens is 268 g/mol. The van der Waals surface area contributed by atoms with E-state index in [0.29, 0.717) is 29.2 Å². The van der Waals surface area contributed by atoms with Gasteiger partial charge in [0.15, 0.2) is 0 Å². The molecule has 0 aliphatic rings. The van der Waals surface area contributed by atoms with E-state index < -0.39 is 4.92 Å². The molecule has 1 aromatic heterocycles. The molecule has 0 atom stereocenters. The van der Waals surface area contributed by atoms with Gasteiger partial charge < -0.3 is 10.3 Å². The molecule has 2 N–H and O–H groups in total. The summed E-state index contributed by atoms with van der Waals surface area (Å²) in [6.45, 7) is 9.70. The molecule has 2 rings (SSSR count). The highest BCUT2D eigenvalue weighted by Gasteiger charge is 2.18. The van der Waals surface area contributed by atoms with Crippen LogP contribution < -0.4 is 5.32 Å². The van der Waals surface area contributed by atoms with Crippen LogP contribution in [0.3, 0.4) is 0 Å². The summed E-state index contributed by atoms with van der Waals surface area (Å²) in [5.74, 6) is 2.38. The van der Waals surface area contributed by atoms with Crippen molar-refractivity contribution in [1.82, 2.24) is 9.97 Å². The number of aromatic nitrogens is 2. The average Bonchev–Trinajstić information content (AvgIpc) is 2.79. The number of nitro groups is 1. The Morgan fingerprint density at radius 1 is 1.29 bits per heavy atom. The minimum absolute atomic E-state index is 0.0694. The Kier molecular flexibility index (Phi) is 4.45. The Hall–Kier alpha value is -2.11. The van der Waals surface area contributed by atoms with E-state index in [2.05, 4.69) is 43.0 Å². The van der Waals surface area contributed by atoms with Gasteiger partial charge in [-0.3, -0.25) is 10.1 Å². The van der Waals surface area contributed by atoms with Crippen LogP contribution in [-0.4, -0.2) is 21.4 Å². The quantitative estimate of drug-likeness (QED) is 0.626. The van der Waals surface area contributed by atoms with Crippen molar-refractivity contribution in [2.75, 3.05) is 11.9 Å². The van der Waals surface area contributed by atoms with E-state index in [-0.39, 0.29) is 5.69 Å². The number of H-pyrrole nitrogens is 1. The lowest BCUT2D eigenvalue weighted by Gasteiger charge is -2.24. The van der Waals surface area contributed by atoms with Crippen molar-refractivity contribution >= 4 is 22.7 Å². The van der Waals surface area contributed by atoms with Crippen molar-refractivity contribution in [3.05, 3.63) is 28.3 Å². The summed E-state index contributed by atoms with van der Waals surface area (Å²) in [5.41, 5.74) is 1.48. The summed E-state index contributed by atoms with van der Waals surface area (Å²) in [5, 5.41) is 14.1. The molecule has 0 saturated carbocycles. The topological polar surface area (TPSA) is 83.8 Å². The van der Waals surface area contributed by atoms with Crippen molar-refractivity contribution in [2.45, 2.75) is 27.7 Å². The lowest BCUT2D eigenvalue weighted by molar-refractivity contribution is -0.384. The van der Waals surface area contributed by atoms with Crippen molar-refractivity contribution in [3.63, 3.8) is 0 Å². The van der Waals surface area contributed by atoms with Crippen LogP contribution >= 0.6 is 0 Å². The molecular formula is C15H22N4O2. The third-order valence-corrected chi connectivity index (χ3v) is 3.89. The van der Waals surface area contributed by atoms with Crippen molar-refractivity contribution in [1.29, 1.82) is 0 Å². The van der Waals surface area contributed by atoms with Crippen LogP contribution in [0, 0.1) is 27.9 Å². The third kappa shape index (κ3) is 3.51. The van der Waals surface area contributed by atoms with E-state index in [1.54, 1.807) is 6.07 Å². The number of benzene rings is 1. The molecule has 2 aromatic rings. The van der Waals surface area contributed by atoms with Crippen molar-refractivity contribution in [3.8, 4) is 0 Å². The Morgan fingerprint density at radius 3 is 2.52 bits per heavy atom. The maximum Gasteiger partial charge on any atom is 0.271 e. The lowest BCUT2D eigenvalue weighted by Crippen LogP contribution is -2.24. The molecule has 0 unspecified atom stereocenters. The predicted octanol–water partition coefficient (Wildman–Crippen LogP) is 3.81. The predicted molar refractivity (Wildman–Crippen MR) is 84.4 cm³/mol. The second-order valence-electron chi connectivity index (χ2n) is 6.08. The molecule has 1 heterocycles. The average molecular weight is 290 g/mol. The molecule has 0 spiro atoms. The number of aromatic amines is 1. The van der Waals surface area contributed by atoms with Gasteiger partial charge in [0, 0.05) is 18.7 Å². The van der Waals surface area contributed by atoms with Crippen LogP contribution in [0.15, 0.2) is 18.2 Å². The first kappa shape index (κ1) is 15.3. The van der Waals surface area contributed by atoms with Gasteiger partial charge in [0.2, 0.25) is 5.95 Å². The van der Waals surface area contributed by atoms with Crippen LogP contribution in [0.4, 0.5) is 11.6 Å². The van der Waals surface area contributed by atoms with Crippen LogP contribution in [0.25, 0.3) is 11.0 Å². The van der Waals surface area contributed by atoms with E-state index in [9.17, 15) is 10.1 Å². The van der Waals surface area contributed by atoms with Crippen molar-refractivity contribution < 1.29 is 4.92 Å². The Labute approximate surface area is 124 Å². The fraction of sp³-hybridized carbons (Fsp3) is 0.533. The molecule has 0 aliphatic heterocycles. The smallest absolute Gasteiger partial charge is 0.271 e. The number of non-ortho nitro benzene ring substituents is 1. The van der Waals surface area contributed by atoms with Crippen LogP contribution in [0.5, 0.6) is 0 Å². The summed E-state index contributed by atoms with van der Waals surface area (Å²) in [6.07, 6.45) is 0. The van der Waals surface area contributed by atoms with Crippen molar-refractivity contribution in [2.24, 2.45) is 17.8 Å². The molecule has 0 amide bonds. The van der Waals surface area contributed by atoms with Gasteiger partial charge in [-0.2, -0.15) is 0 Å². The Bertz CT molecular complexity index is 626. The first-order valence-electron chi connectivity index (χ1n) is 7.26. The van der Waals surface area contributed by atoms with Crippen LogP contribution in [0.1, 0.15) is 27.7 Å². The molecule has 0 fully saturated rings. The Morgan fingerprint density at radius 2 is 1.95 bits per heavy atom. The molecule has 0 bridgehead atoms. The maximum atomic E-state index is 10.8. The minimum atomic E-state index is -0.402. The Balaban J connectivity index is 2.14. The first-order valence-corrected chi connectivity index (χ1v) is 7.26. The van der Waals surface area contributed by atoms with Gasteiger partial charge in [0.25, 0.3) is 5.69 Å². The summed E-state index contributed by atoms with van der Waals surface area (Å²) in [4.78, 5) is 17.9. The number of nitrogens with zero attached hydrogens (tertiary/aromatic N) is 2. The second-order valence-corrected chi connectivity index (χ2v) is 6.08. The van der Waals surface area contributed by atoms with Crippen LogP contribution in [-0.2, 0) is 0 Å². The number of rotatable bonds is 6. The van der Waals surface area contributed by atoms with Gasteiger partial charge in [0.05, 0.1) is 16.0 Å². The molecule has 1 aromatic carbocycles. The minimum Gasteiger partial charge on any atom is -0.356 e. The van der Waals surface area contributed by atoms with Gasteiger partial charge in [-0.05, 0) is 23.8 Å². The zero-order chi connectivity index (χ0) is 15.6. The van der Waals surface area contributed by atoms with Gasteiger partial charge in [-0.25, -0.2) is 4.98 Å². The largest absolute Gasteiger partial charge is 0.356 e. The van der Waals surface area contributed by atoms with Crippen LogP contribution in [0.2, 0.25) is 0 Å². The number of imidazole rings is 1. The summed E-state index contributed by atoms with van der Waals surface area (Å²) in [7, 11) is 0. The first-order chi connectivity index (χ1) is 9.88. The zero-order valence-corrected chi connectivity index (χ0v) is 12.9. The van der Waals surface area contributed by atoms with E-state index in [1.165, 1.54) is 12.1 Å². The van der Waals surface area contributed by atoms with Gasteiger partial charge in [-0.15, -0.1) is 0 Å². The number of nitrogens with one attached hydrogen (secondary N) is 2. The molecule has 114 valence electrons. The summed E-state index contributed by atoms with van der Waals surface area (Å²) < 4.78 is 0.